The third-order valence-corrected chi connectivity index (χ3v) is 4.37. The zero-order chi connectivity index (χ0) is 21.0. The van der Waals surface area contributed by atoms with Crippen LogP contribution in [0.25, 0.3) is 0 Å². The molecular weight excluding hydrogens is 368 g/mol. The number of anilines is 3. The summed E-state index contributed by atoms with van der Waals surface area (Å²) in [7, 11) is 3.10. The van der Waals surface area contributed by atoms with Crippen LogP contribution in [0.1, 0.15) is 27.4 Å². The van der Waals surface area contributed by atoms with Crippen molar-refractivity contribution in [3.63, 3.8) is 0 Å². The van der Waals surface area contributed by atoms with Gasteiger partial charge in [-0.2, -0.15) is 0 Å². The number of benzene rings is 2. The molecule has 29 heavy (non-hydrogen) atoms. The lowest BCUT2D eigenvalue weighted by atomic mass is 10.1. The van der Waals surface area contributed by atoms with E-state index < -0.39 is 0 Å². The van der Waals surface area contributed by atoms with Gasteiger partial charge in [-0.25, -0.2) is 9.97 Å². The number of aryl methyl sites for hydroxylation is 3. The van der Waals surface area contributed by atoms with Crippen molar-refractivity contribution in [1.29, 1.82) is 0 Å². The van der Waals surface area contributed by atoms with Gasteiger partial charge < -0.3 is 20.1 Å². The first-order chi connectivity index (χ1) is 13.9. The normalized spacial score (nSPS) is 10.4. The van der Waals surface area contributed by atoms with E-state index in [1.165, 1.54) is 12.7 Å². The van der Waals surface area contributed by atoms with Gasteiger partial charge in [-0.3, -0.25) is 4.79 Å². The maximum absolute atomic E-state index is 12.8. The average molecular weight is 392 g/mol. The predicted molar refractivity (Wildman–Crippen MR) is 113 cm³/mol. The molecule has 0 saturated carbocycles. The lowest BCUT2D eigenvalue weighted by Crippen LogP contribution is -2.16. The Hall–Kier alpha value is -3.61. The summed E-state index contributed by atoms with van der Waals surface area (Å²) in [5.74, 6) is 1.82. The Bertz CT molecular complexity index is 1050. The molecule has 1 aromatic heterocycles. The number of carbonyl (C=O) groups excluding carboxylic acids is 1. The minimum Gasteiger partial charge on any atom is -0.497 e. The molecule has 0 spiro atoms. The minimum atomic E-state index is -0.359. The van der Waals surface area contributed by atoms with Crippen LogP contribution in [0.2, 0.25) is 0 Å². The van der Waals surface area contributed by atoms with Crippen LogP contribution in [0.5, 0.6) is 11.5 Å². The number of methoxy groups -OCH3 is 2. The second-order valence-corrected chi connectivity index (χ2v) is 6.65. The van der Waals surface area contributed by atoms with Crippen molar-refractivity contribution in [2.45, 2.75) is 20.8 Å². The quantitative estimate of drug-likeness (QED) is 0.646. The Morgan fingerprint density at radius 2 is 1.66 bits per heavy atom. The summed E-state index contributed by atoms with van der Waals surface area (Å²) in [6.07, 6.45) is 0. The van der Waals surface area contributed by atoms with Gasteiger partial charge in [0.1, 0.15) is 28.8 Å². The highest BCUT2D eigenvalue weighted by molar-refractivity contribution is 6.04. The van der Waals surface area contributed by atoms with Gasteiger partial charge in [-0.05, 0) is 44.5 Å². The third kappa shape index (κ3) is 4.82. The van der Waals surface area contributed by atoms with Crippen molar-refractivity contribution in [3.05, 3.63) is 65.1 Å². The number of aromatic nitrogens is 2. The van der Waals surface area contributed by atoms with Crippen molar-refractivity contribution in [3.8, 4) is 11.5 Å². The fourth-order valence-electron chi connectivity index (χ4n) is 2.93. The van der Waals surface area contributed by atoms with E-state index >= 15 is 0 Å². The standard InChI is InChI=1S/C22H24N4O3/c1-13-6-8-17(14(2)10-13)25-21-12-19(23-15(3)24-21)22(27)26-18-9-7-16(28-4)11-20(18)29-5/h6-12H,1-5H3,(H,26,27)(H,23,24,25). The first-order valence-corrected chi connectivity index (χ1v) is 9.13. The predicted octanol–water partition coefficient (Wildman–Crippen LogP) is 4.41. The Morgan fingerprint density at radius 1 is 0.897 bits per heavy atom. The smallest absolute Gasteiger partial charge is 0.274 e. The van der Waals surface area contributed by atoms with Gasteiger partial charge in [0.15, 0.2) is 0 Å². The second-order valence-electron chi connectivity index (χ2n) is 6.65. The molecule has 7 heteroatoms. The molecule has 1 amide bonds. The van der Waals surface area contributed by atoms with Crippen molar-refractivity contribution in [2.75, 3.05) is 24.9 Å². The molecule has 0 atom stereocenters. The van der Waals surface area contributed by atoms with Crippen LogP contribution in [0.15, 0.2) is 42.5 Å². The van der Waals surface area contributed by atoms with E-state index in [4.69, 9.17) is 9.47 Å². The molecular formula is C22H24N4O3. The van der Waals surface area contributed by atoms with Crippen LogP contribution < -0.4 is 20.1 Å². The van der Waals surface area contributed by atoms with Crippen LogP contribution in [0, 0.1) is 20.8 Å². The number of hydrogen-bond donors (Lipinski definition) is 2. The lowest BCUT2D eigenvalue weighted by Gasteiger charge is -2.13. The Morgan fingerprint density at radius 3 is 2.34 bits per heavy atom. The zero-order valence-corrected chi connectivity index (χ0v) is 17.2. The summed E-state index contributed by atoms with van der Waals surface area (Å²) in [5, 5.41) is 6.09. The molecule has 7 nitrogen and oxygen atoms in total. The molecule has 0 aliphatic carbocycles. The monoisotopic (exact) mass is 392 g/mol. The summed E-state index contributed by atoms with van der Waals surface area (Å²) in [4.78, 5) is 21.5. The fraction of sp³-hybridized carbons (Fsp3) is 0.227. The van der Waals surface area contributed by atoms with Crippen molar-refractivity contribution >= 4 is 23.1 Å². The van der Waals surface area contributed by atoms with Crippen molar-refractivity contribution in [1.82, 2.24) is 9.97 Å². The van der Waals surface area contributed by atoms with Crippen LogP contribution in [0.3, 0.4) is 0 Å². The second kappa shape index (κ2) is 8.60. The SMILES string of the molecule is COc1ccc(NC(=O)c2cc(Nc3ccc(C)cc3C)nc(C)n2)c(OC)c1. The number of rotatable bonds is 6. The van der Waals surface area contributed by atoms with Gasteiger partial charge in [-0.15, -0.1) is 0 Å². The molecule has 2 N–H and O–H groups in total. The number of amides is 1. The van der Waals surface area contributed by atoms with E-state index in [1.54, 1.807) is 38.3 Å². The maximum atomic E-state index is 12.8. The van der Waals surface area contributed by atoms with E-state index in [-0.39, 0.29) is 11.6 Å². The number of carbonyl (C=O) groups is 1. The van der Waals surface area contributed by atoms with Gasteiger partial charge in [0, 0.05) is 17.8 Å². The van der Waals surface area contributed by atoms with E-state index in [1.807, 2.05) is 26.0 Å². The van der Waals surface area contributed by atoms with Crippen LogP contribution in [-0.2, 0) is 0 Å². The number of ether oxygens (including phenoxy) is 2. The van der Waals surface area contributed by atoms with E-state index in [2.05, 4.69) is 26.7 Å². The van der Waals surface area contributed by atoms with Crippen LogP contribution in [0.4, 0.5) is 17.2 Å². The lowest BCUT2D eigenvalue weighted by molar-refractivity contribution is 0.102. The minimum absolute atomic E-state index is 0.252. The largest absolute Gasteiger partial charge is 0.497 e. The summed E-state index contributed by atoms with van der Waals surface area (Å²) >= 11 is 0. The molecule has 3 aromatic rings. The maximum Gasteiger partial charge on any atom is 0.274 e. The number of nitrogens with one attached hydrogen (secondary N) is 2. The third-order valence-electron chi connectivity index (χ3n) is 4.37. The van der Waals surface area contributed by atoms with Gasteiger partial charge in [0.25, 0.3) is 5.91 Å². The van der Waals surface area contributed by atoms with Crippen LogP contribution in [-0.4, -0.2) is 30.1 Å². The molecule has 0 unspecified atom stereocenters. The topological polar surface area (TPSA) is 85.4 Å². The van der Waals surface area contributed by atoms with Gasteiger partial charge in [-0.1, -0.05) is 17.7 Å². The van der Waals surface area contributed by atoms with E-state index in [0.717, 1.165) is 11.3 Å². The molecule has 0 fully saturated rings. The van der Waals surface area contributed by atoms with Gasteiger partial charge in [0.2, 0.25) is 0 Å². The summed E-state index contributed by atoms with van der Waals surface area (Å²) in [6.45, 7) is 5.81. The van der Waals surface area contributed by atoms with Crippen LogP contribution >= 0.6 is 0 Å². The molecule has 2 aromatic carbocycles. The highest BCUT2D eigenvalue weighted by Gasteiger charge is 2.14. The molecule has 1 heterocycles. The molecule has 3 rings (SSSR count). The summed E-state index contributed by atoms with van der Waals surface area (Å²) in [6, 6.07) is 12.9. The van der Waals surface area contributed by atoms with E-state index in [0.29, 0.717) is 28.8 Å². The zero-order valence-electron chi connectivity index (χ0n) is 17.2. The molecule has 0 radical (unpaired) electrons. The van der Waals surface area contributed by atoms with Crippen molar-refractivity contribution < 1.29 is 14.3 Å². The molecule has 0 aliphatic rings. The van der Waals surface area contributed by atoms with Crippen molar-refractivity contribution in [2.24, 2.45) is 0 Å². The van der Waals surface area contributed by atoms with Gasteiger partial charge in [0.05, 0.1) is 19.9 Å². The molecule has 150 valence electrons. The highest BCUT2D eigenvalue weighted by Crippen LogP contribution is 2.29. The molecule has 0 aliphatic heterocycles. The Kier molecular flexibility index (Phi) is 5.97. The molecule has 0 saturated heterocycles. The van der Waals surface area contributed by atoms with E-state index in [9.17, 15) is 4.79 Å². The molecule has 0 bridgehead atoms. The first-order valence-electron chi connectivity index (χ1n) is 9.13. The Labute approximate surface area is 170 Å². The van der Waals surface area contributed by atoms with Gasteiger partial charge >= 0.3 is 0 Å². The Balaban J connectivity index is 1.84. The number of nitrogens with zero attached hydrogens (tertiary/aromatic N) is 2. The highest BCUT2D eigenvalue weighted by atomic mass is 16.5. The number of hydrogen-bond acceptors (Lipinski definition) is 6. The summed E-state index contributed by atoms with van der Waals surface area (Å²) in [5.41, 5.74) is 3.98. The fourth-order valence-corrected chi connectivity index (χ4v) is 2.93. The first kappa shape index (κ1) is 20.1. The summed E-state index contributed by atoms with van der Waals surface area (Å²) < 4.78 is 10.5. The average Bonchev–Trinajstić information content (AvgIpc) is 2.70.